The highest BCUT2D eigenvalue weighted by atomic mass is 35.5. The van der Waals surface area contributed by atoms with E-state index >= 15 is 0 Å². The van der Waals surface area contributed by atoms with Crippen molar-refractivity contribution >= 4 is 29.1 Å². The molecule has 2 aromatic carbocycles. The number of carbonyl (C=O) groups excluding carboxylic acids is 2. The first kappa shape index (κ1) is 18.4. The van der Waals surface area contributed by atoms with Crippen LogP contribution in [0.15, 0.2) is 63.4 Å². The van der Waals surface area contributed by atoms with Gasteiger partial charge in [-0.05, 0) is 24.6 Å². The Hall–Kier alpha value is -3.59. The fourth-order valence-electron chi connectivity index (χ4n) is 3.49. The van der Waals surface area contributed by atoms with Crippen LogP contribution in [0.4, 0.5) is 5.69 Å². The maximum atomic E-state index is 13.1. The number of nitrogens with zero attached hydrogens (tertiary/aromatic N) is 6. The van der Waals surface area contributed by atoms with Gasteiger partial charge in [0.25, 0.3) is 11.8 Å². The summed E-state index contributed by atoms with van der Waals surface area (Å²) in [5.74, 6) is -0.155. The van der Waals surface area contributed by atoms with Gasteiger partial charge in [0.2, 0.25) is 11.7 Å². The molecule has 2 aliphatic rings. The summed E-state index contributed by atoms with van der Waals surface area (Å²) in [5, 5.41) is 13.8. The minimum Gasteiger partial charge on any atom is -0.337 e. The highest BCUT2D eigenvalue weighted by Gasteiger charge is 2.55. The fourth-order valence-corrected chi connectivity index (χ4v) is 3.67. The molecule has 2 unspecified atom stereocenters. The molecule has 5 rings (SSSR count). The number of aryl methyl sites for hydroxylation is 1. The van der Waals surface area contributed by atoms with E-state index < -0.39 is 23.9 Å². The molecule has 1 saturated heterocycles. The van der Waals surface area contributed by atoms with Crippen LogP contribution in [0, 0.1) is 6.92 Å². The van der Waals surface area contributed by atoms with Gasteiger partial charge in [-0.1, -0.05) is 58.4 Å². The molecular formula is C20H15ClN6O3. The molecule has 0 spiro atoms. The molecule has 2 atom stereocenters. The summed E-state index contributed by atoms with van der Waals surface area (Å²) >= 11 is 6.17. The van der Waals surface area contributed by atoms with Crippen LogP contribution in [0.1, 0.15) is 11.5 Å². The normalized spacial score (nSPS) is 20.3. The molecule has 150 valence electrons. The summed E-state index contributed by atoms with van der Waals surface area (Å²) in [4.78, 5) is 31.3. The zero-order valence-electron chi connectivity index (χ0n) is 15.8. The minimum atomic E-state index is -0.908. The molecule has 0 saturated carbocycles. The molecule has 0 radical (unpaired) electrons. The minimum absolute atomic E-state index is 0.0615. The largest absolute Gasteiger partial charge is 0.337 e. The second-order valence-corrected chi connectivity index (χ2v) is 7.42. The molecule has 30 heavy (non-hydrogen) atoms. The van der Waals surface area contributed by atoms with Gasteiger partial charge in [0.15, 0.2) is 12.1 Å². The first-order valence-corrected chi connectivity index (χ1v) is 9.60. The van der Waals surface area contributed by atoms with Crippen LogP contribution >= 0.6 is 11.6 Å². The van der Waals surface area contributed by atoms with Gasteiger partial charge >= 0.3 is 0 Å². The third-order valence-electron chi connectivity index (χ3n) is 5.07. The molecular weight excluding hydrogens is 408 g/mol. The van der Waals surface area contributed by atoms with Crippen molar-refractivity contribution in [2.75, 3.05) is 4.90 Å². The van der Waals surface area contributed by atoms with Crippen molar-refractivity contribution in [1.29, 1.82) is 0 Å². The van der Waals surface area contributed by atoms with Crippen LogP contribution in [0.3, 0.4) is 0 Å². The smallest absolute Gasteiger partial charge is 0.263 e. The lowest BCUT2D eigenvalue weighted by Gasteiger charge is -2.19. The Balaban J connectivity index is 1.38. The van der Waals surface area contributed by atoms with E-state index in [0.29, 0.717) is 16.5 Å². The summed E-state index contributed by atoms with van der Waals surface area (Å²) in [5.41, 5.74) is 2.07. The number of amides is 2. The van der Waals surface area contributed by atoms with E-state index in [1.165, 1.54) is 5.01 Å². The Morgan fingerprint density at radius 2 is 1.90 bits per heavy atom. The zero-order valence-corrected chi connectivity index (χ0v) is 16.5. The number of rotatable bonds is 4. The van der Waals surface area contributed by atoms with Gasteiger partial charge in [0.1, 0.15) is 6.54 Å². The number of halogens is 1. The molecule has 1 fully saturated rings. The monoisotopic (exact) mass is 422 g/mol. The van der Waals surface area contributed by atoms with Crippen molar-refractivity contribution in [2.24, 2.45) is 10.3 Å². The van der Waals surface area contributed by atoms with Crippen LogP contribution in [-0.4, -0.2) is 39.0 Å². The lowest BCUT2D eigenvalue weighted by Crippen LogP contribution is -2.39. The Bertz CT molecular complexity index is 1180. The molecule has 0 N–H and O–H groups in total. The second-order valence-electron chi connectivity index (χ2n) is 7.02. The van der Waals surface area contributed by atoms with E-state index in [2.05, 4.69) is 20.5 Å². The predicted octanol–water partition coefficient (Wildman–Crippen LogP) is 3.19. The lowest BCUT2D eigenvalue weighted by molar-refractivity contribution is -0.123. The Morgan fingerprint density at radius 1 is 1.10 bits per heavy atom. The molecule has 2 amide bonds. The van der Waals surface area contributed by atoms with Gasteiger partial charge < -0.3 is 4.52 Å². The summed E-state index contributed by atoms with van der Waals surface area (Å²) in [6.07, 6.45) is 0. The Kier molecular flexibility index (Phi) is 4.32. The first-order valence-electron chi connectivity index (χ1n) is 9.22. The highest BCUT2D eigenvalue weighted by Crippen LogP contribution is 2.34. The van der Waals surface area contributed by atoms with Gasteiger partial charge in [-0.25, -0.2) is 4.90 Å². The Morgan fingerprint density at radius 3 is 2.67 bits per heavy atom. The summed E-state index contributed by atoms with van der Waals surface area (Å²) in [6, 6.07) is 12.6. The van der Waals surface area contributed by atoms with Crippen molar-refractivity contribution in [3.8, 4) is 11.4 Å². The van der Waals surface area contributed by atoms with Gasteiger partial charge in [0.05, 0.1) is 5.69 Å². The molecule has 3 heterocycles. The second kappa shape index (κ2) is 7.03. The third-order valence-corrected chi connectivity index (χ3v) is 5.48. The summed E-state index contributed by atoms with van der Waals surface area (Å²) < 4.78 is 5.30. The van der Waals surface area contributed by atoms with Crippen LogP contribution in [-0.2, 0) is 16.1 Å². The topological polar surface area (TPSA) is 104 Å². The van der Waals surface area contributed by atoms with Crippen molar-refractivity contribution < 1.29 is 14.1 Å². The van der Waals surface area contributed by atoms with Gasteiger partial charge in [-0.15, -0.1) is 0 Å². The molecule has 2 aliphatic heterocycles. The number of anilines is 1. The number of benzene rings is 2. The summed E-state index contributed by atoms with van der Waals surface area (Å²) in [6.45, 7) is 1.91. The van der Waals surface area contributed by atoms with Crippen molar-refractivity contribution in [2.45, 2.75) is 25.6 Å². The van der Waals surface area contributed by atoms with E-state index in [1.54, 1.807) is 18.2 Å². The standard InChI is InChI=1S/C20H15ClN6O3/c1-11-7-8-13(9-14(11)21)27-19(28)16-17(20(27)29)26(25-23-16)10-15-22-18(24-30-15)12-5-3-2-4-6-12/h2-9,16-17H,10H2,1H3. The number of hydrogen-bond acceptors (Lipinski definition) is 8. The van der Waals surface area contributed by atoms with Gasteiger partial charge in [-0.2, -0.15) is 10.1 Å². The molecule has 3 aromatic rings. The van der Waals surface area contributed by atoms with E-state index in [4.69, 9.17) is 16.1 Å². The maximum Gasteiger partial charge on any atom is 0.263 e. The zero-order chi connectivity index (χ0) is 20.8. The lowest BCUT2D eigenvalue weighted by atomic mass is 10.1. The molecule has 10 heteroatoms. The number of hydrogen-bond donors (Lipinski definition) is 0. The molecule has 1 aromatic heterocycles. The molecule has 0 bridgehead atoms. The number of fused-ring (bicyclic) bond motifs is 1. The van der Waals surface area contributed by atoms with Crippen LogP contribution in [0.2, 0.25) is 5.02 Å². The average molecular weight is 423 g/mol. The van der Waals surface area contributed by atoms with Gasteiger partial charge in [0, 0.05) is 10.6 Å². The SMILES string of the molecule is Cc1ccc(N2C(=O)C3N=NN(Cc4nc(-c5ccccc5)no4)C3C2=O)cc1Cl. The number of imide groups is 1. The van der Waals surface area contributed by atoms with Gasteiger partial charge in [-0.3, -0.25) is 14.6 Å². The highest BCUT2D eigenvalue weighted by molar-refractivity contribution is 6.32. The van der Waals surface area contributed by atoms with Crippen LogP contribution < -0.4 is 4.90 Å². The Labute approximate surface area is 175 Å². The van der Waals surface area contributed by atoms with Crippen molar-refractivity contribution in [1.82, 2.24) is 15.1 Å². The third kappa shape index (κ3) is 2.94. The first-order chi connectivity index (χ1) is 14.5. The molecule has 9 nitrogen and oxygen atoms in total. The van der Waals surface area contributed by atoms with Crippen LogP contribution in [0.5, 0.6) is 0 Å². The van der Waals surface area contributed by atoms with E-state index in [9.17, 15) is 9.59 Å². The quantitative estimate of drug-likeness (QED) is 0.598. The van der Waals surface area contributed by atoms with Crippen molar-refractivity contribution in [3.05, 3.63) is 65.0 Å². The fraction of sp³-hybridized carbons (Fsp3) is 0.200. The average Bonchev–Trinajstić information content (AvgIpc) is 3.44. The molecule has 0 aliphatic carbocycles. The number of aromatic nitrogens is 2. The van der Waals surface area contributed by atoms with Crippen LogP contribution in [0.25, 0.3) is 11.4 Å². The number of carbonyl (C=O) groups is 2. The maximum absolute atomic E-state index is 13.1. The van der Waals surface area contributed by atoms with Crippen molar-refractivity contribution in [3.63, 3.8) is 0 Å². The predicted molar refractivity (Wildman–Crippen MR) is 106 cm³/mol. The summed E-state index contributed by atoms with van der Waals surface area (Å²) in [7, 11) is 0. The van der Waals surface area contributed by atoms with E-state index in [0.717, 1.165) is 16.0 Å². The van der Waals surface area contributed by atoms with E-state index in [1.807, 2.05) is 37.3 Å². The van der Waals surface area contributed by atoms with E-state index in [-0.39, 0.29) is 12.4 Å².